The van der Waals surface area contributed by atoms with Crippen LogP contribution >= 0.6 is 0 Å². The summed E-state index contributed by atoms with van der Waals surface area (Å²) in [7, 11) is 0. The highest BCUT2D eigenvalue weighted by Crippen LogP contribution is 2.13. The molecule has 0 rings (SSSR count). The van der Waals surface area contributed by atoms with Crippen molar-refractivity contribution in [1.29, 1.82) is 0 Å². The number of ether oxygens (including phenoxy) is 2. The Morgan fingerprint density at radius 1 is 0.375 bits per heavy atom. The molecule has 1 unspecified atom stereocenters. The minimum atomic E-state index is -0.796. The average molecular weight is 885 g/mol. The third-order valence-corrected chi connectivity index (χ3v) is 10.7. The van der Waals surface area contributed by atoms with Crippen molar-refractivity contribution in [3.8, 4) is 0 Å². The fraction of sp³-hybridized carbons (Fsp3) is 0.627. The van der Waals surface area contributed by atoms with E-state index < -0.39 is 6.10 Å². The number of aliphatic hydroxyl groups excluding tert-OH is 1. The molecular weight excluding hydrogens is 789 g/mol. The van der Waals surface area contributed by atoms with E-state index in [4.69, 9.17) is 9.47 Å². The monoisotopic (exact) mass is 885 g/mol. The topological polar surface area (TPSA) is 72.8 Å². The zero-order valence-corrected chi connectivity index (χ0v) is 41.2. The SMILES string of the molecule is CC/C=C\C/C=C\C/C=C\C/C=C\C/C=C\C/C=C\C/C=C\CCCCCCCC(=O)OC(CO)COC(=O)CCCCCCCCCC/C=C\C/C=C\C/C=C\CCCCCCC. The van der Waals surface area contributed by atoms with Gasteiger partial charge in [-0.15, -0.1) is 0 Å². The number of aliphatic hydroxyl groups is 1. The molecule has 0 aliphatic carbocycles. The molecule has 0 aliphatic rings. The number of carbonyl (C=O) groups excluding carboxylic acids is 2. The van der Waals surface area contributed by atoms with Crippen molar-refractivity contribution in [3.63, 3.8) is 0 Å². The molecule has 0 aromatic rings. The first-order chi connectivity index (χ1) is 31.6. The molecule has 0 aromatic carbocycles. The van der Waals surface area contributed by atoms with Crippen molar-refractivity contribution in [2.24, 2.45) is 0 Å². The first-order valence-corrected chi connectivity index (χ1v) is 26.1. The van der Waals surface area contributed by atoms with E-state index in [1.54, 1.807) is 0 Å². The van der Waals surface area contributed by atoms with Gasteiger partial charge in [-0.1, -0.05) is 219 Å². The lowest BCUT2D eigenvalue weighted by Gasteiger charge is -2.15. The molecule has 0 aromatic heterocycles. The average Bonchev–Trinajstić information content (AvgIpc) is 3.30. The zero-order chi connectivity index (χ0) is 46.3. The van der Waals surface area contributed by atoms with E-state index >= 15 is 0 Å². The van der Waals surface area contributed by atoms with Gasteiger partial charge in [-0.2, -0.15) is 0 Å². The normalized spacial score (nSPS) is 13.2. The fourth-order valence-corrected chi connectivity index (χ4v) is 6.84. The van der Waals surface area contributed by atoms with Crippen LogP contribution in [0.4, 0.5) is 0 Å². The third-order valence-electron chi connectivity index (χ3n) is 10.7. The van der Waals surface area contributed by atoms with Gasteiger partial charge in [0.1, 0.15) is 6.61 Å². The Kier molecular flexibility index (Phi) is 50.5. The van der Waals surface area contributed by atoms with Crippen LogP contribution in [0.25, 0.3) is 0 Å². The number of rotatable bonds is 46. The number of allylic oxidation sites excluding steroid dienone is 20. The Labute approximate surface area is 394 Å². The quantitative estimate of drug-likeness (QED) is 0.0375. The Bertz CT molecular complexity index is 1320. The zero-order valence-electron chi connectivity index (χ0n) is 41.2. The molecule has 362 valence electrons. The number of esters is 2. The highest BCUT2D eigenvalue weighted by Gasteiger charge is 2.16. The van der Waals surface area contributed by atoms with E-state index in [2.05, 4.69) is 135 Å². The predicted molar refractivity (Wildman–Crippen MR) is 278 cm³/mol. The molecule has 0 bridgehead atoms. The smallest absolute Gasteiger partial charge is 0.306 e. The number of unbranched alkanes of at least 4 members (excludes halogenated alkanes) is 18. The summed E-state index contributed by atoms with van der Waals surface area (Å²) >= 11 is 0. The summed E-state index contributed by atoms with van der Waals surface area (Å²) in [6.07, 6.45) is 78.5. The fourth-order valence-electron chi connectivity index (χ4n) is 6.84. The van der Waals surface area contributed by atoms with Gasteiger partial charge in [0.25, 0.3) is 0 Å². The van der Waals surface area contributed by atoms with Crippen molar-refractivity contribution in [2.45, 2.75) is 225 Å². The van der Waals surface area contributed by atoms with Crippen LogP contribution in [0.1, 0.15) is 219 Å². The summed E-state index contributed by atoms with van der Waals surface area (Å²) < 4.78 is 10.7. The van der Waals surface area contributed by atoms with Gasteiger partial charge in [-0.3, -0.25) is 9.59 Å². The first kappa shape index (κ1) is 60.3. The third kappa shape index (κ3) is 50.9. The van der Waals surface area contributed by atoms with E-state index in [1.165, 1.54) is 70.6 Å². The van der Waals surface area contributed by atoms with Gasteiger partial charge in [-0.05, 0) is 109 Å². The van der Waals surface area contributed by atoms with Crippen LogP contribution in [0.3, 0.4) is 0 Å². The Balaban J connectivity index is 3.63. The molecule has 64 heavy (non-hydrogen) atoms. The van der Waals surface area contributed by atoms with Crippen molar-refractivity contribution in [3.05, 3.63) is 122 Å². The van der Waals surface area contributed by atoms with Crippen LogP contribution < -0.4 is 0 Å². The van der Waals surface area contributed by atoms with E-state index in [-0.39, 0.29) is 25.2 Å². The lowest BCUT2D eigenvalue weighted by molar-refractivity contribution is -0.161. The number of hydrogen-bond donors (Lipinski definition) is 1. The minimum Gasteiger partial charge on any atom is -0.462 e. The molecule has 0 spiro atoms. The van der Waals surface area contributed by atoms with Crippen LogP contribution in [0.5, 0.6) is 0 Å². The summed E-state index contributed by atoms with van der Waals surface area (Å²) in [5.74, 6) is -0.629. The summed E-state index contributed by atoms with van der Waals surface area (Å²) in [5.41, 5.74) is 0. The molecule has 1 atom stereocenters. The molecular formula is C59H96O5. The van der Waals surface area contributed by atoms with Crippen LogP contribution in [0.15, 0.2) is 122 Å². The van der Waals surface area contributed by atoms with E-state index in [9.17, 15) is 14.7 Å². The number of carbonyl (C=O) groups is 2. The molecule has 5 heteroatoms. The van der Waals surface area contributed by atoms with Crippen molar-refractivity contribution in [2.75, 3.05) is 13.2 Å². The van der Waals surface area contributed by atoms with Gasteiger partial charge in [0.15, 0.2) is 6.10 Å². The lowest BCUT2D eigenvalue weighted by Crippen LogP contribution is -2.28. The maximum Gasteiger partial charge on any atom is 0.306 e. The molecule has 1 N–H and O–H groups in total. The molecule has 0 fully saturated rings. The van der Waals surface area contributed by atoms with Crippen molar-refractivity contribution < 1.29 is 24.2 Å². The maximum atomic E-state index is 12.3. The Morgan fingerprint density at radius 3 is 1.02 bits per heavy atom. The van der Waals surface area contributed by atoms with E-state index in [0.29, 0.717) is 12.8 Å². The van der Waals surface area contributed by atoms with Crippen LogP contribution in [-0.2, 0) is 19.1 Å². The summed E-state index contributed by atoms with van der Waals surface area (Å²) in [5, 5.41) is 9.63. The highest BCUT2D eigenvalue weighted by molar-refractivity contribution is 5.70. The molecule has 0 amide bonds. The standard InChI is InChI=1S/C59H96O5/c1-3-5-7-9-11-13-15-17-19-21-23-25-27-28-29-30-32-34-36-38-40-42-44-46-48-50-52-54-59(62)64-57(55-60)56-63-58(61)53-51-49-47-45-43-41-39-37-35-33-31-26-24-22-20-18-16-14-12-10-8-6-4-2/h5,7,11,13,16-19,22-25,28-29,31-34,38,40,57,60H,3-4,6,8-10,12,14-15,20-21,26-27,30,35-37,39,41-56H2,1-2H3/b7-5-,13-11-,18-16-,19-17-,24-22-,25-23-,29-28-,33-31-,34-32-,40-38-. The van der Waals surface area contributed by atoms with Gasteiger partial charge in [-0.25, -0.2) is 0 Å². The number of hydrogen-bond acceptors (Lipinski definition) is 5. The van der Waals surface area contributed by atoms with Gasteiger partial charge in [0, 0.05) is 12.8 Å². The highest BCUT2D eigenvalue weighted by atomic mass is 16.6. The van der Waals surface area contributed by atoms with Gasteiger partial charge < -0.3 is 14.6 Å². The molecule has 0 radical (unpaired) electrons. The van der Waals surface area contributed by atoms with E-state index in [0.717, 1.165) is 122 Å². The molecule has 0 saturated carbocycles. The van der Waals surface area contributed by atoms with Crippen LogP contribution in [-0.4, -0.2) is 36.4 Å². The second kappa shape index (κ2) is 53.6. The van der Waals surface area contributed by atoms with Gasteiger partial charge in [0.2, 0.25) is 0 Å². The maximum absolute atomic E-state index is 12.3. The molecule has 5 nitrogen and oxygen atoms in total. The van der Waals surface area contributed by atoms with Crippen LogP contribution in [0, 0.1) is 0 Å². The van der Waals surface area contributed by atoms with Crippen LogP contribution in [0.2, 0.25) is 0 Å². The molecule has 0 saturated heterocycles. The predicted octanol–water partition coefficient (Wildman–Crippen LogP) is 17.5. The second-order valence-corrected chi connectivity index (χ2v) is 16.9. The summed E-state index contributed by atoms with van der Waals surface area (Å²) in [4.78, 5) is 24.5. The Morgan fingerprint density at radius 2 is 0.672 bits per heavy atom. The summed E-state index contributed by atoms with van der Waals surface area (Å²) in [6.45, 7) is 3.99. The van der Waals surface area contributed by atoms with Gasteiger partial charge in [0.05, 0.1) is 6.61 Å². The first-order valence-electron chi connectivity index (χ1n) is 26.1. The molecule has 0 heterocycles. The van der Waals surface area contributed by atoms with Crippen molar-refractivity contribution in [1.82, 2.24) is 0 Å². The van der Waals surface area contributed by atoms with E-state index in [1.807, 2.05) is 0 Å². The lowest BCUT2D eigenvalue weighted by atomic mass is 10.1. The Hall–Kier alpha value is -3.70. The van der Waals surface area contributed by atoms with Crippen molar-refractivity contribution >= 4 is 11.9 Å². The molecule has 0 aliphatic heterocycles. The summed E-state index contributed by atoms with van der Waals surface area (Å²) in [6, 6.07) is 0. The van der Waals surface area contributed by atoms with Gasteiger partial charge >= 0.3 is 11.9 Å². The largest absolute Gasteiger partial charge is 0.462 e. The second-order valence-electron chi connectivity index (χ2n) is 16.9. The minimum absolute atomic E-state index is 0.0858.